The highest BCUT2D eigenvalue weighted by Gasteiger charge is 2.20. The molecule has 1 aliphatic heterocycles. The number of likely N-dealkylation sites (tertiary alicyclic amines) is 1. The van der Waals surface area contributed by atoms with Crippen molar-refractivity contribution in [3.05, 3.63) is 42.3 Å². The number of nitrogens with one attached hydrogen (secondary N) is 1. The van der Waals surface area contributed by atoms with Crippen molar-refractivity contribution in [1.29, 1.82) is 0 Å². The van der Waals surface area contributed by atoms with E-state index in [1.807, 2.05) is 24.3 Å². The predicted molar refractivity (Wildman–Crippen MR) is 108 cm³/mol. The van der Waals surface area contributed by atoms with Crippen LogP contribution in [-0.4, -0.2) is 52.7 Å². The smallest absolute Gasteiger partial charge is 0.215 e. The van der Waals surface area contributed by atoms with Crippen LogP contribution in [0.4, 0.5) is 10.2 Å². The number of hydrogen-bond donors (Lipinski definition) is 1. The fourth-order valence-electron chi connectivity index (χ4n) is 3.76. The maximum absolute atomic E-state index is 15.0. The van der Waals surface area contributed by atoms with E-state index in [2.05, 4.69) is 20.1 Å². The van der Waals surface area contributed by atoms with E-state index in [0.717, 1.165) is 43.4 Å². The fraction of sp³-hybridized carbons (Fsp3) is 0.381. The minimum Gasteiger partial charge on any atom is -0.303 e. The van der Waals surface area contributed by atoms with E-state index in [0.29, 0.717) is 18.5 Å². The lowest BCUT2D eigenvalue weighted by Crippen LogP contribution is -2.25. The lowest BCUT2D eigenvalue weighted by molar-refractivity contribution is -0.107. The molecule has 6 nitrogen and oxygen atoms in total. The minimum atomic E-state index is -0.505. The third-order valence-corrected chi connectivity index (χ3v) is 5.30. The van der Waals surface area contributed by atoms with Crippen molar-refractivity contribution in [3.63, 3.8) is 0 Å². The molecule has 1 aliphatic rings. The summed E-state index contributed by atoms with van der Waals surface area (Å²) in [6, 6.07) is 9.25. The van der Waals surface area contributed by atoms with Crippen molar-refractivity contribution in [1.82, 2.24) is 20.1 Å². The number of hydrogen-bond acceptors (Lipinski definition) is 4. The van der Waals surface area contributed by atoms with E-state index in [1.54, 1.807) is 12.3 Å². The van der Waals surface area contributed by atoms with E-state index in [-0.39, 0.29) is 11.5 Å². The zero-order valence-corrected chi connectivity index (χ0v) is 15.8. The Morgan fingerprint density at radius 2 is 2.07 bits per heavy atom. The number of pyridine rings is 1. The summed E-state index contributed by atoms with van der Waals surface area (Å²) in [5.41, 5.74) is 1.71. The van der Waals surface area contributed by atoms with Crippen LogP contribution in [0.5, 0.6) is 0 Å². The fourth-order valence-corrected chi connectivity index (χ4v) is 3.76. The zero-order chi connectivity index (χ0) is 19.3. The molecule has 0 radical (unpaired) electrons. The van der Waals surface area contributed by atoms with Gasteiger partial charge in [-0.1, -0.05) is 12.1 Å². The van der Waals surface area contributed by atoms with Gasteiger partial charge in [-0.25, -0.2) is 4.39 Å². The summed E-state index contributed by atoms with van der Waals surface area (Å²) in [7, 11) is 0. The van der Waals surface area contributed by atoms with Gasteiger partial charge in [-0.2, -0.15) is 5.10 Å². The number of H-pyrrole nitrogens is 1. The average Bonchev–Trinajstić information content (AvgIpc) is 3.38. The second-order valence-electron chi connectivity index (χ2n) is 7.20. The molecule has 0 aliphatic carbocycles. The number of nitrogens with zero attached hydrogens (tertiary/aromatic N) is 4. The number of halogens is 1. The number of aromatic amines is 1. The van der Waals surface area contributed by atoms with Crippen LogP contribution in [0.2, 0.25) is 0 Å². The van der Waals surface area contributed by atoms with E-state index in [4.69, 9.17) is 0 Å². The Kier molecular flexibility index (Phi) is 5.62. The van der Waals surface area contributed by atoms with Crippen LogP contribution in [0.1, 0.15) is 25.7 Å². The summed E-state index contributed by atoms with van der Waals surface area (Å²) >= 11 is 0. The van der Waals surface area contributed by atoms with E-state index < -0.39 is 5.82 Å². The predicted octanol–water partition coefficient (Wildman–Crippen LogP) is 3.60. The first kappa shape index (κ1) is 18.6. The summed E-state index contributed by atoms with van der Waals surface area (Å²) < 4.78 is 15.0. The minimum absolute atomic E-state index is 0.123. The van der Waals surface area contributed by atoms with Crippen LogP contribution < -0.4 is 4.90 Å². The summed E-state index contributed by atoms with van der Waals surface area (Å²) in [6.07, 6.45) is 6.75. The number of rotatable bonds is 8. The number of aromatic nitrogens is 3. The van der Waals surface area contributed by atoms with E-state index in [9.17, 15) is 9.18 Å². The first-order valence-corrected chi connectivity index (χ1v) is 9.79. The van der Waals surface area contributed by atoms with Crippen molar-refractivity contribution in [3.8, 4) is 11.3 Å². The third kappa shape index (κ3) is 3.89. The largest absolute Gasteiger partial charge is 0.303 e. The highest BCUT2D eigenvalue weighted by Crippen LogP contribution is 2.29. The zero-order valence-electron chi connectivity index (χ0n) is 15.8. The van der Waals surface area contributed by atoms with Gasteiger partial charge in [-0.15, -0.1) is 0 Å². The Morgan fingerprint density at radius 3 is 2.89 bits per heavy atom. The number of unbranched alkanes of at least 4 members (excludes halogenated alkanes) is 1. The molecule has 1 aromatic carbocycles. The molecule has 0 spiro atoms. The monoisotopic (exact) mass is 381 g/mol. The van der Waals surface area contributed by atoms with Crippen LogP contribution >= 0.6 is 0 Å². The summed E-state index contributed by atoms with van der Waals surface area (Å²) in [4.78, 5) is 19.6. The highest BCUT2D eigenvalue weighted by molar-refractivity contribution is 5.84. The van der Waals surface area contributed by atoms with Gasteiger partial charge < -0.3 is 4.90 Å². The molecule has 146 valence electrons. The molecule has 3 aromatic rings. The molecule has 1 fully saturated rings. The second kappa shape index (κ2) is 8.48. The number of benzene rings is 1. The molecule has 4 rings (SSSR count). The summed E-state index contributed by atoms with van der Waals surface area (Å²) in [5, 5.41) is 7.74. The van der Waals surface area contributed by atoms with Gasteiger partial charge in [0.1, 0.15) is 5.69 Å². The van der Waals surface area contributed by atoms with Gasteiger partial charge >= 0.3 is 0 Å². The van der Waals surface area contributed by atoms with Crippen LogP contribution in [0.25, 0.3) is 22.2 Å². The molecule has 1 saturated heterocycles. The normalized spacial score (nSPS) is 14.6. The molecule has 0 saturated carbocycles. The molecule has 7 heteroatoms. The van der Waals surface area contributed by atoms with Gasteiger partial charge in [0, 0.05) is 23.7 Å². The maximum atomic E-state index is 15.0. The van der Waals surface area contributed by atoms with Crippen LogP contribution in [0.3, 0.4) is 0 Å². The van der Waals surface area contributed by atoms with Gasteiger partial charge in [0.2, 0.25) is 6.41 Å². The molecular weight excluding hydrogens is 357 g/mol. The standard InChI is InChI=1S/C21H24FN5O/c22-19-20(17-7-8-18-16(14-17)6-5-9-23-18)24-25-21(19)27(15-28)13-4-3-12-26-10-1-2-11-26/h5-9,14-15H,1-4,10-13H2,(H,24,25). The quantitative estimate of drug-likeness (QED) is 0.478. The van der Waals surface area contributed by atoms with E-state index >= 15 is 0 Å². The molecule has 28 heavy (non-hydrogen) atoms. The Bertz CT molecular complexity index is 951. The van der Waals surface area contributed by atoms with Gasteiger partial charge in [0.15, 0.2) is 11.6 Å². The molecule has 0 atom stereocenters. The Hall–Kier alpha value is -2.80. The summed E-state index contributed by atoms with van der Waals surface area (Å²) in [5.74, 6) is -0.382. The molecule has 2 aromatic heterocycles. The number of carbonyl (C=O) groups excluding carboxylic acids is 1. The van der Waals surface area contributed by atoms with Crippen molar-refractivity contribution < 1.29 is 9.18 Å². The van der Waals surface area contributed by atoms with E-state index in [1.165, 1.54) is 17.7 Å². The number of amides is 1. The Morgan fingerprint density at radius 1 is 1.21 bits per heavy atom. The van der Waals surface area contributed by atoms with Gasteiger partial charge in [-0.05, 0) is 63.5 Å². The second-order valence-corrected chi connectivity index (χ2v) is 7.20. The first-order chi connectivity index (χ1) is 13.8. The lowest BCUT2D eigenvalue weighted by Gasteiger charge is -2.17. The number of carbonyl (C=O) groups is 1. The van der Waals surface area contributed by atoms with Crippen molar-refractivity contribution in [2.75, 3.05) is 31.1 Å². The van der Waals surface area contributed by atoms with Gasteiger partial charge in [0.05, 0.1) is 5.52 Å². The van der Waals surface area contributed by atoms with Crippen LogP contribution in [0, 0.1) is 5.82 Å². The third-order valence-electron chi connectivity index (χ3n) is 5.30. The van der Waals surface area contributed by atoms with Crippen LogP contribution in [0.15, 0.2) is 36.5 Å². The average molecular weight is 381 g/mol. The molecule has 0 unspecified atom stereocenters. The molecule has 3 heterocycles. The van der Waals surface area contributed by atoms with Crippen LogP contribution in [-0.2, 0) is 4.79 Å². The Balaban J connectivity index is 1.45. The maximum Gasteiger partial charge on any atom is 0.215 e. The molecular formula is C21H24FN5O. The summed E-state index contributed by atoms with van der Waals surface area (Å²) in [6.45, 7) is 3.83. The van der Waals surface area contributed by atoms with Gasteiger partial charge in [0.25, 0.3) is 0 Å². The van der Waals surface area contributed by atoms with Crippen molar-refractivity contribution >= 4 is 23.1 Å². The number of fused-ring (bicyclic) bond motifs is 1. The first-order valence-electron chi connectivity index (χ1n) is 9.79. The molecule has 1 amide bonds. The van der Waals surface area contributed by atoms with Crippen molar-refractivity contribution in [2.24, 2.45) is 0 Å². The Labute approximate surface area is 163 Å². The molecule has 1 N–H and O–H groups in total. The SMILES string of the molecule is O=CN(CCCCN1CCCC1)c1[nH]nc(-c2ccc3ncccc3c2)c1F. The van der Waals surface area contributed by atoms with Gasteiger partial charge in [-0.3, -0.25) is 19.8 Å². The topological polar surface area (TPSA) is 65.1 Å². The number of anilines is 1. The highest BCUT2D eigenvalue weighted by atomic mass is 19.1. The lowest BCUT2D eigenvalue weighted by atomic mass is 10.1. The van der Waals surface area contributed by atoms with Crippen molar-refractivity contribution in [2.45, 2.75) is 25.7 Å². The molecule has 0 bridgehead atoms.